The van der Waals surface area contributed by atoms with Crippen molar-refractivity contribution < 1.29 is 38.1 Å². The molecule has 0 N–H and O–H groups in total. The standard InChI is InChI=1S/C24H42N2O8/c1-22(2,3)32-18(27)12-11-13-25(20(29)33-23(4,5)6)16-14-17(19(28)31-10)26(15-16)21(30)34-24(7,8)9/h16-17H,11-15H2,1-10H3/t16-,17+/m1/s1. The molecule has 1 saturated heterocycles. The minimum atomic E-state index is -0.902. The van der Waals surface area contributed by atoms with Crippen LogP contribution >= 0.6 is 0 Å². The molecule has 0 aromatic rings. The summed E-state index contributed by atoms with van der Waals surface area (Å²) in [6.07, 6.45) is -0.642. The van der Waals surface area contributed by atoms with Gasteiger partial charge in [0.2, 0.25) is 0 Å². The number of carbonyl (C=O) groups is 4. The quantitative estimate of drug-likeness (QED) is 0.410. The van der Waals surface area contributed by atoms with Gasteiger partial charge in [-0.3, -0.25) is 9.69 Å². The number of rotatable bonds is 6. The molecule has 0 aliphatic carbocycles. The Labute approximate surface area is 203 Å². The van der Waals surface area contributed by atoms with Crippen molar-refractivity contribution in [3.63, 3.8) is 0 Å². The number of carbonyl (C=O) groups excluding carboxylic acids is 4. The first-order chi connectivity index (χ1) is 15.3. The van der Waals surface area contributed by atoms with Crippen LogP contribution in [-0.2, 0) is 28.5 Å². The molecule has 1 fully saturated rings. The largest absolute Gasteiger partial charge is 0.467 e. The molecule has 1 heterocycles. The van der Waals surface area contributed by atoms with Gasteiger partial charge in [-0.25, -0.2) is 14.4 Å². The van der Waals surface area contributed by atoms with Gasteiger partial charge in [-0.05, 0) is 68.7 Å². The van der Waals surface area contributed by atoms with E-state index >= 15 is 0 Å². The van der Waals surface area contributed by atoms with Crippen LogP contribution in [0.5, 0.6) is 0 Å². The van der Waals surface area contributed by atoms with Crippen molar-refractivity contribution in [1.82, 2.24) is 9.80 Å². The summed E-state index contributed by atoms with van der Waals surface area (Å²) in [4.78, 5) is 53.1. The normalized spacial score (nSPS) is 18.8. The highest BCUT2D eigenvalue weighted by Crippen LogP contribution is 2.27. The lowest BCUT2D eigenvalue weighted by molar-refractivity contribution is -0.155. The third-order valence-corrected chi connectivity index (χ3v) is 4.65. The Morgan fingerprint density at radius 1 is 0.853 bits per heavy atom. The number of nitrogens with zero attached hydrogens (tertiary/aromatic N) is 2. The smallest absolute Gasteiger partial charge is 0.411 e. The summed E-state index contributed by atoms with van der Waals surface area (Å²) in [6.45, 7) is 16.1. The fraction of sp³-hybridized carbons (Fsp3) is 0.833. The lowest BCUT2D eigenvalue weighted by atomic mass is 10.1. The van der Waals surface area contributed by atoms with Crippen LogP contribution in [0.1, 0.15) is 81.6 Å². The van der Waals surface area contributed by atoms with Crippen LogP contribution < -0.4 is 0 Å². The van der Waals surface area contributed by atoms with Crippen LogP contribution in [0.25, 0.3) is 0 Å². The molecule has 10 nitrogen and oxygen atoms in total. The second-order valence-electron chi connectivity index (χ2n) is 11.4. The number of ether oxygens (including phenoxy) is 4. The predicted molar refractivity (Wildman–Crippen MR) is 125 cm³/mol. The summed E-state index contributed by atoms with van der Waals surface area (Å²) in [5.74, 6) is -0.961. The Hall–Kier alpha value is -2.52. The maximum Gasteiger partial charge on any atom is 0.411 e. The van der Waals surface area contributed by atoms with Crippen molar-refractivity contribution >= 4 is 24.1 Å². The van der Waals surface area contributed by atoms with E-state index in [2.05, 4.69) is 0 Å². The first-order valence-electron chi connectivity index (χ1n) is 11.6. The number of hydrogen-bond donors (Lipinski definition) is 0. The fourth-order valence-electron chi connectivity index (χ4n) is 3.45. The van der Waals surface area contributed by atoms with Gasteiger partial charge in [-0.2, -0.15) is 0 Å². The average Bonchev–Trinajstić information content (AvgIpc) is 3.05. The number of amides is 2. The van der Waals surface area contributed by atoms with E-state index in [0.717, 1.165) is 0 Å². The van der Waals surface area contributed by atoms with E-state index in [-0.39, 0.29) is 31.9 Å². The van der Waals surface area contributed by atoms with Crippen LogP contribution in [0, 0.1) is 0 Å². The molecule has 2 atom stereocenters. The molecule has 0 aromatic carbocycles. The third-order valence-electron chi connectivity index (χ3n) is 4.65. The zero-order valence-electron chi connectivity index (χ0n) is 22.4. The Morgan fingerprint density at radius 3 is 1.85 bits per heavy atom. The molecule has 196 valence electrons. The van der Waals surface area contributed by atoms with E-state index in [1.165, 1.54) is 16.9 Å². The molecule has 0 unspecified atom stereocenters. The summed E-state index contributed by atoms with van der Waals surface area (Å²) < 4.78 is 21.3. The number of methoxy groups -OCH3 is 1. The van der Waals surface area contributed by atoms with Gasteiger partial charge in [0.1, 0.15) is 22.8 Å². The molecular weight excluding hydrogens is 444 g/mol. The van der Waals surface area contributed by atoms with Gasteiger partial charge in [-0.1, -0.05) is 0 Å². The molecule has 0 saturated carbocycles. The highest BCUT2D eigenvalue weighted by Gasteiger charge is 2.45. The zero-order valence-corrected chi connectivity index (χ0v) is 22.4. The van der Waals surface area contributed by atoms with Crippen LogP contribution in [0.15, 0.2) is 0 Å². The SMILES string of the molecule is COC(=O)[C@@H]1C[C@@H](N(CCCC(=O)OC(C)(C)C)C(=O)OC(C)(C)C)CN1C(=O)OC(C)(C)C. The molecule has 1 aliphatic rings. The Morgan fingerprint density at radius 2 is 1.38 bits per heavy atom. The van der Waals surface area contributed by atoms with Gasteiger partial charge < -0.3 is 23.8 Å². The summed E-state index contributed by atoms with van der Waals surface area (Å²) in [6, 6.07) is -1.43. The van der Waals surface area contributed by atoms with Crippen LogP contribution in [0.4, 0.5) is 9.59 Å². The maximum atomic E-state index is 13.0. The second kappa shape index (κ2) is 11.3. The Kier molecular flexibility index (Phi) is 9.78. The highest BCUT2D eigenvalue weighted by atomic mass is 16.6. The molecule has 10 heteroatoms. The van der Waals surface area contributed by atoms with Gasteiger partial charge in [0.15, 0.2) is 0 Å². The van der Waals surface area contributed by atoms with Gasteiger partial charge in [0, 0.05) is 25.9 Å². The van der Waals surface area contributed by atoms with Crippen molar-refractivity contribution in [1.29, 1.82) is 0 Å². The average molecular weight is 487 g/mol. The minimum Gasteiger partial charge on any atom is -0.467 e. The fourth-order valence-corrected chi connectivity index (χ4v) is 3.45. The van der Waals surface area contributed by atoms with Crippen molar-refractivity contribution in [2.45, 2.75) is 110 Å². The van der Waals surface area contributed by atoms with Crippen LogP contribution in [-0.4, -0.2) is 83.0 Å². The summed E-state index contributed by atoms with van der Waals surface area (Å²) in [7, 11) is 1.25. The van der Waals surface area contributed by atoms with Gasteiger partial charge in [0.05, 0.1) is 13.2 Å². The van der Waals surface area contributed by atoms with Crippen LogP contribution in [0.2, 0.25) is 0 Å². The van der Waals surface area contributed by atoms with Gasteiger partial charge in [0.25, 0.3) is 0 Å². The van der Waals surface area contributed by atoms with E-state index in [9.17, 15) is 19.2 Å². The molecule has 1 aliphatic heterocycles. The lowest BCUT2D eigenvalue weighted by Crippen LogP contribution is -2.46. The molecule has 0 spiro atoms. The minimum absolute atomic E-state index is 0.0698. The molecule has 0 bridgehead atoms. The van der Waals surface area contributed by atoms with Crippen molar-refractivity contribution in [2.75, 3.05) is 20.2 Å². The number of likely N-dealkylation sites (tertiary alicyclic amines) is 1. The van der Waals surface area contributed by atoms with Gasteiger partial charge >= 0.3 is 24.1 Å². The number of esters is 2. The van der Waals surface area contributed by atoms with Crippen LogP contribution in [0.3, 0.4) is 0 Å². The topological polar surface area (TPSA) is 112 Å². The zero-order chi connectivity index (χ0) is 26.5. The highest BCUT2D eigenvalue weighted by molar-refractivity contribution is 5.82. The molecule has 0 radical (unpaired) electrons. The molecule has 2 amide bonds. The Balaban J connectivity index is 3.07. The first kappa shape index (κ1) is 29.5. The van der Waals surface area contributed by atoms with Crippen molar-refractivity contribution in [3.05, 3.63) is 0 Å². The summed E-state index contributed by atoms with van der Waals surface area (Å²) in [5, 5.41) is 0. The van der Waals surface area contributed by atoms with E-state index in [1.807, 2.05) is 0 Å². The van der Waals surface area contributed by atoms with Gasteiger partial charge in [-0.15, -0.1) is 0 Å². The van der Waals surface area contributed by atoms with E-state index in [4.69, 9.17) is 18.9 Å². The molecule has 1 rings (SSSR count). The monoisotopic (exact) mass is 486 g/mol. The number of hydrogen-bond acceptors (Lipinski definition) is 8. The first-order valence-corrected chi connectivity index (χ1v) is 11.6. The molecule has 0 aromatic heterocycles. The molecular formula is C24H42N2O8. The second-order valence-corrected chi connectivity index (χ2v) is 11.4. The maximum absolute atomic E-state index is 13.0. The van der Waals surface area contributed by atoms with E-state index < -0.39 is 47.0 Å². The van der Waals surface area contributed by atoms with Crippen molar-refractivity contribution in [3.8, 4) is 0 Å². The third kappa shape index (κ3) is 10.2. The summed E-state index contributed by atoms with van der Waals surface area (Å²) >= 11 is 0. The summed E-state index contributed by atoms with van der Waals surface area (Å²) in [5.41, 5.74) is -2.10. The molecule has 34 heavy (non-hydrogen) atoms. The predicted octanol–water partition coefficient (Wildman–Crippen LogP) is 3.90. The Bertz CT molecular complexity index is 746. The lowest BCUT2D eigenvalue weighted by Gasteiger charge is -2.32. The van der Waals surface area contributed by atoms with Crippen molar-refractivity contribution in [2.24, 2.45) is 0 Å². The van der Waals surface area contributed by atoms with E-state index in [0.29, 0.717) is 6.42 Å². The van der Waals surface area contributed by atoms with E-state index in [1.54, 1.807) is 62.3 Å².